The molecule has 3 heterocycles. The molecule has 9 nitrogen and oxygen atoms in total. The highest BCUT2D eigenvalue weighted by Crippen LogP contribution is 2.47. The topological polar surface area (TPSA) is 122 Å². The van der Waals surface area contributed by atoms with Crippen molar-refractivity contribution in [1.29, 1.82) is 0 Å². The number of benzene rings is 1. The molecule has 3 atom stereocenters. The average Bonchev–Trinajstić information content (AvgIpc) is 3.44. The first kappa shape index (κ1) is 26.6. The molecule has 0 aliphatic carbocycles. The molecule has 1 saturated heterocycles. The second-order valence-corrected chi connectivity index (χ2v) is 11.2. The van der Waals surface area contributed by atoms with Gasteiger partial charge in [-0.15, -0.1) is 11.3 Å². The highest BCUT2D eigenvalue weighted by molar-refractivity contribution is 7.14. The normalized spacial score (nSPS) is 19.7. The van der Waals surface area contributed by atoms with Gasteiger partial charge in [0.1, 0.15) is 5.70 Å². The summed E-state index contributed by atoms with van der Waals surface area (Å²) in [5, 5.41) is 15.6. The van der Waals surface area contributed by atoms with Crippen LogP contribution in [0.15, 0.2) is 47.5 Å². The van der Waals surface area contributed by atoms with Crippen LogP contribution in [0.2, 0.25) is 0 Å². The smallest absolute Gasteiger partial charge is 0.358 e. The fourth-order valence-corrected chi connectivity index (χ4v) is 5.11. The van der Waals surface area contributed by atoms with Crippen molar-refractivity contribution in [2.75, 3.05) is 12.1 Å². The number of anilines is 1. The average molecular weight is 527 g/mol. The number of rotatable bonds is 8. The lowest BCUT2D eigenvalue weighted by atomic mass is 9.82. The fourth-order valence-electron chi connectivity index (χ4n) is 4.48. The summed E-state index contributed by atoms with van der Waals surface area (Å²) in [7, 11) is 0. The van der Waals surface area contributed by atoms with Gasteiger partial charge in [0.15, 0.2) is 0 Å². The molecule has 0 unspecified atom stereocenters. The highest BCUT2D eigenvalue weighted by atomic mass is 32.1. The SMILES string of the molecule is C[C@@H](O)[C@H]1C(=O)N2C(C(=O)OCOC(=O)C(C)(C)C)=C(c3ccc(CC(=O)Nc4cccs4)cc3)C[C@H]12. The van der Waals surface area contributed by atoms with Gasteiger partial charge >= 0.3 is 11.9 Å². The molecule has 1 fully saturated rings. The molecule has 196 valence electrons. The molecule has 2 amide bonds. The molecule has 10 heteroatoms. The van der Waals surface area contributed by atoms with Gasteiger partial charge in [-0.3, -0.25) is 14.4 Å². The Labute approximate surface area is 219 Å². The van der Waals surface area contributed by atoms with E-state index in [1.165, 1.54) is 16.2 Å². The van der Waals surface area contributed by atoms with Gasteiger partial charge in [0, 0.05) is 0 Å². The van der Waals surface area contributed by atoms with E-state index in [4.69, 9.17) is 9.47 Å². The molecule has 2 aliphatic heterocycles. The first-order valence-corrected chi connectivity index (χ1v) is 12.9. The summed E-state index contributed by atoms with van der Waals surface area (Å²) >= 11 is 1.44. The van der Waals surface area contributed by atoms with Crippen LogP contribution in [0.4, 0.5) is 5.00 Å². The lowest BCUT2D eigenvalue weighted by Gasteiger charge is -2.44. The van der Waals surface area contributed by atoms with Crippen LogP contribution in [-0.4, -0.2) is 52.7 Å². The van der Waals surface area contributed by atoms with Crippen molar-refractivity contribution in [3.63, 3.8) is 0 Å². The summed E-state index contributed by atoms with van der Waals surface area (Å²) in [6.07, 6.45) is -0.309. The number of nitrogens with zero attached hydrogens (tertiary/aromatic N) is 1. The van der Waals surface area contributed by atoms with Crippen LogP contribution in [0.25, 0.3) is 5.57 Å². The molecule has 2 N–H and O–H groups in total. The van der Waals surface area contributed by atoms with Gasteiger partial charge in [0.05, 0.1) is 34.9 Å². The van der Waals surface area contributed by atoms with E-state index in [1.807, 2.05) is 17.5 Å². The van der Waals surface area contributed by atoms with Gasteiger partial charge in [0.25, 0.3) is 0 Å². The number of amides is 2. The number of β-lactam (4-membered cyclic amide) rings is 1. The maximum atomic E-state index is 13.1. The summed E-state index contributed by atoms with van der Waals surface area (Å²) < 4.78 is 10.3. The maximum Gasteiger partial charge on any atom is 0.358 e. The fraction of sp³-hybridized carbons (Fsp3) is 0.407. The summed E-state index contributed by atoms with van der Waals surface area (Å²) in [5.41, 5.74) is 1.42. The molecule has 4 rings (SSSR count). The van der Waals surface area contributed by atoms with E-state index in [1.54, 1.807) is 52.0 Å². The van der Waals surface area contributed by atoms with Crippen LogP contribution in [-0.2, 0) is 35.1 Å². The summed E-state index contributed by atoms with van der Waals surface area (Å²) in [4.78, 5) is 51.5. The molecule has 2 aliphatic rings. The Bertz CT molecular complexity index is 1230. The van der Waals surface area contributed by atoms with Crippen LogP contribution in [0, 0.1) is 11.3 Å². The Morgan fingerprint density at radius 2 is 1.86 bits per heavy atom. The molecule has 37 heavy (non-hydrogen) atoms. The predicted octanol–water partition coefficient (Wildman–Crippen LogP) is 3.34. The molecule has 1 aromatic heterocycles. The Hall–Kier alpha value is -3.50. The van der Waals surface area contributed by atoms with Crippen molar-refractivity contribution in [1.82, 2.24) is 4.90 Å². The number of hydrogen-bond donors (Lipinski definition) is 2. The molecule has 0 spiro atoms. The molecule has 0 saturated carbocycles. The van der Waals surface area contributed by atoms with Gasteiger partial charge in [-0.05, 0) is 68.3 Å². The Morgan fingerprint density at radius 1 is 1.16 bits per heavy atom. The van der Waals surface area contributed by atoms with Gasteiger partial charge in [-0.1, -0.05) is 24.3 Å². The number of nitrogens with one attached hydrogen (secondary N) is 1. The van der Waals surface area contributed by atoms with Crippen molar-refractivity contribution in [2.24, 2.45) is 11.3 Å². The number of carbonyl (C=O) groups excluding carboxylic acids is 4. The number of aliphatic hydroxyl groups excluding tert-OH is 1. The molecule has 0 bridgehead atoms. The number of hydrogen-bond acceptors (Lipinski definition) is 8. The molecule has 0 radical (unpaired) electrons. The van der Waals surface area contributed by atoms with E-state index in [0.29, 0.717) is 17.6 Å². The molecular weight excluding hydrogens is 496 g/mol. The third-order valence-electron chi connectivity index (χ3n) is 6.37. The Morgan fingerprint density at radius 3 is 2.46 bits per heavy atom. The van der Waals surface area contributed by atoms with E-state index in [9.17, 15) is 24.3 Å². The number of carbonyl (C=O) groups is 4. The molecule has 1 aromatic carbocycles. The minimum absolute atomic E-state index is 0.0851. The Balaban J connectivity index is 1.51. The zero-order valence-electron chi connectivity index (χ0n) is 21.1. The van der Waals surface area contributed by atoms with E-state index in [-0.39, 0.29) is 30.0 Å². The van der Waals surface area contributed by atoms with Crippen LogP contribution >= 0.6 is 11.3 Å². The third kappa shape index (κ3) is 5.60. The van der Waals surface area contributed by atoms with Crippen LogP contribution in [0.5, 0.6) is 0 Å². The number of aliphatic hydroxyl groups is 1. The van der Waals surface area contributed by atoms with E-state index < -0.39 is 36.2 Å². The van der Waals surface area contributed by atoms with Gasteiger partial charge in [-0.2, -0.15) is 0 Å². The van der Waals surface area contributed by atoms with Crippen molar-refractivity contribution < 1.29 is 33.8 Å². The first-order chi connectivity index (χ1) is 17.5. The van der Waals surface area contributed by atoms with Gasteiger partial charge < -0.3 is 24.8 Å². The number of ether oxygens (including phenoxy) is 2. The standard InChI is InChI=1S/C27H30N2O7S/c1-15(30)22-19-13-18(17-9-7-16(8-10-17)12-20(31)28-21-6-5-11-37-21)23(29(19)24(22)32)25(33)35-14-36-26(34)27(2,3)4/h5-11,15,19,22,30H,12-14H2,1-4H3,(H,28,31)/t15-,19-,22-/m1/s1. The first-order valence-electron chi connectivity index (χ1n) is 12.0. The lowest BCUT2D eigenvalue weighted by Crippen LogP contribution is -2.61. The van der Waals surface area contributed by atoms with Crippen molar-refractivity contribution >= 4 is 45.7 Å². The minimum atomic E-state index is -0.859. The zero-order valence-corrected chi connectivity index (χ0v) is 22.0. The van der Waals surface area contributed by atoms with E-state index in [2.05, 4.69) is 5.32 Å². The number of thiophene rings is 1. The van der Waals surface area contributed by atoms with Crippen LogP contribution in [0.3, 0.4) is 0 Å². The second-order valence-electron chi connectivity index (χ2n) is 10.2. The van der Waals surface area contributed by atoms with Gasteiger partial charge in [-0.25, -0.2) is 4.79 Å². The molecule has 2 aromatic rings. The second kappa shape index (κ2) is 10.5. The minimum Gasteiger partial charge on any atom is -0.427 e. The predicted molar refractivity (Wildman–Crippen MR) is 137 cm³/mol. The van der Waals surface area contributed by atoms with E-state index >= 15 is 0 Å². The van der Waals surface area contributed by atoms with E-state index in [0.717, 1.165) is 10.6 Å². The van der Waals surface area contributed by atoms with Crippen molar-refractivity contribution in [3.05, 3.63) is 58.6 Å². The quantitative estimate of drug-likeness (QED) is 0.307. The van der Waals surface area contributed by atoms with Crippen molar-refractivity contribution in [3.8, 4) is 0 Å². The summed E-state index contributed by atoms with van der Waals surface area (Å²) in [6, 6.07) is 10.5. The number of fused-ring (bicyclic) bond motifs is 1. The highest BCUT2D eigenvalue weighted by Gasteiger charge is 2.57. The van der Waals surface area contributed by atoms with Gasteiger partial charge in [0.2, 0.25) is 18.6 Å². The largest absolute Gasteiger partial charge is 0.427 e. The summed E-state index contributed by atoms with van der Waals surface area (Å²) in [6.45, 7) is 6.03. The van der Waals surface area contributed by atoms with Crippen molar-refractivity contribution in [2.45, 2.75) is 52.7 Å². The molecular formula is C27H30N2O7S. The zero-order chi connectivity index (χ0) is 26.9. The van der Waals surface area contributed by atoms with Crippen LogP contribution < -0.4 is 5.32 Å². The monoisotopic (exact) mass is 526 g/mol. The lowest BCUT2D eigenvalue weighted by molar-refractivity contribution is -0.175. The third-order valence-corrected chi connectivity index (χ3v) is 7.15. The Kier molecular flexibility index (Phi) is 7.52. The number of esters is 2. The van der Waals surface area contributed by atoms with Crippen LogP contribution in [0.1, 0.15) is 45.2 Å². The maximum absolute atomic E-state index is 13.1. The summed E-state index contributed by atoms with van der Waals surface area (Å²) in [5.74, 6) is -2.41.